The highest BCUT2D eigenvalue weighted by molar-refractivity contribution is 9.10. The highest BCUT2D eigenvalue weighted by Crippen LogP contribution is 2.24. The Bertz CT molecular complexity index is 706. The van der Waals surface area contributed by atoms with Crippen LogP contribution in [0.4, 0.5) is 0 Å². The number of nitrogens with zero attached hydrogens (tertiary/aromatic N) is 1. The van der Waals surface area contributed by atoms with Crippen molar-refractivity contribution in [3.63, 3.8) is 0 Å². The SMILES string of the molecule is C#CCN(C(=O)c1cc(C)ccc1Br)C1CCS(=O)(=O)C1. The maximum atomic E-state index is 12.7. The van der Waals surface area contributed by atoms with Crippen LogP contribution in [-0.2, 0) is 9.84 Å². The number of carbonyl (C=O) groups excluding carboxylic acids is 1. The summed E-state index contributed by atoms with van der Waals surface area (Å²) in [7, 11) is -3.07. The quantitative estimate of drug-likeness (QED) is 0.765. The van der Waals surface area contributed by atoms with Gasteiger partial charge in [-0.25, -0.2) is 8.42 Å². The maximum Gasteiger partial charge on any atom is 0.256 e. The van der Waals surface area contributed by atoms with Gasteiger partial charge in [-0.05, 0) is 41.4 Å². The van der Waals surface area contributed by atoms with Crippen LogP contribution in [0, 0.1) is 19.3 Å². The fourth-order valence-corrected chi connectivity index (χ4v) is 4.59. The van der Waals surface area contributed by atoms with Gasteiger partial charge < -0.3 is 4.90 Å². The highest BCUT2D eigenvalue weighted by atomic mass is 79.9. The lowest BCUT2D eigenvalue weighted by atomic mass is 10.1. The van der Waals surface area contributed by atoms with E-state index >= 15 is 0 Å². The number of amides is 1. The number of aryl methyl sites for hydroxylation is 1. The number of halogens is 1. The third-order valence-electron chi connectivity index (χ3n) is 3.52. The zero-order valence-corrected chi connectivity index (χ0v) is 14.1. The first-order valence-electron chi connectivity index (χ1n) is 6.55. The molecule has 0 aromatic heterocycles. The van der Waals surface area contributed by atoms with Crippen molar-refractivity contribution in [3.8, 4) is 12.3 Å². The number of benzene rings is 1. The lowest BCUT2D eigenvalue weighted by Gasteiger charge is -2.26. The van der Waals surface area contributed by atoms with Crippen molar-refractivity contribution in [1.29, 1.82) is 0 Å². The van der Waals surface area contributed by atoms with Gasteiger partial charge in [-0.15, -0.1) is 6.42 Å². The zero-order chi connectivity index (χ0) is 15.6. The van der Waals surface area contributed by atoms with Crippen LogP contribution in [0.3, 0.4) is 0 Å². The van der Waals surface area contributed by atoms with Crippen LogP contribution in [0.25, 0.3) is 0 Å². The van der Waals surface area contributed by atoms with E-state index in [0.717, 1.165) is 5.56 Å². The van der Waals surface area contributed by atoms with Gasteiger partial charge in [0.25, 0.3) is 5.91 Å². The van der Waals surface area contributed by atoms with Crippen molar-refractivity contribution in [2.45, 2.75) is 19.4 Å². The Morgan fingerprint density at radius 1 is 1.52 bits per heavy atom. The molecule has 0 saturated carbocycles. The Morgan fingerprint density at radius 3 is 2.81 bits per heavy atom. The molecule has 0 bridgehead atoms. The number of terminal acetylenes is 1. The van der Waals surface area contributed by atoms with Crippen LogP contribution in [0.1, 0.15) is 22.3 Å². The molecule has 4 nitrogen and oxygen atoms in total. The average Bonchev–Trinajstić information content (AvgIpc) is 2.78. The highest BCUT2D eigenvalue weighted by Gasteiger charge is 2.35. The first kappa shape index (κ1) is 16.1. The molecule has 0 spiro atoms. The summed E-state index contributed by atoms with van der Waals surface area (Å²) in [5.74, 6) is 2.32. The Labute approximate surface area is 133 Å². The predicted octanol–water partition coefficient (Wildman–Crippen LogP) is 2.02. The Kier molecular flexibility index (Phi) is 4.74. The first-order chi connectivity index (χ1) is 9.84. The summed E-state index contributed by atoms with van der Waals surface area (Å²) >= 11 is 3.36. The summed E-state index contributed by atoms with van der Waals surface area (Å²) in [5.41, 5.74) is 1.47. The van der Waals surface area contributed by atoms with E-state index in [1.165, 1.54) is 4.90 Å². The van der Waals surface area contributed by atoms with Crippen LogP contribution in [0.5, 0.6) is 0 Å². The average molecular weight is 370 g/mol. The van der Waals surface area contributed by atoms with Crippen LogP contribution in [0.2, 0.25) is 0 Å². The largest absolute Gasteiger partial charge is 0.323 e. The second-order valence-electron chi connectivity index (χ2n) is 5.18. The molecule has 1 aromatic carbocycles. The van der Waals surface area contributed by atoms with E-state index in [2.05, 4.69) is 21.9 Å². The minimum atomic E-state index is -3.07. The van der Waals surface area contributed by atoms with Crippen molar-refractivity contribution >= 4 is 31.7 Å². The number of hydrogen-bond donors (Lipinski definition) is 0. The molecular formula is C15H16BrNO3S. The summed E-state index contributed by atoms with van der Waals surface area (Å²) in [5, 5.41) is 0. The molecule has 0 aliphatic carbocycles. The fourth-order valence-electron chi connectivity index (χ4n) is 2.44. The van der Waals surface area contributed by atoms with Gasteiger partial charge >= 0.3 is 0 Å². The standard InChI is InChI=1S/C15H16BrNO3S/c1-3-7-17(12-6-8-21(19,20)10-12)15(18)13-9-11(2)4-5-14(13)16/h1,4-5,9,12H,6-8,10H2,2H3. The van der Waals surface area contributed by atoms with Crippen molar-refractivity contribution in [2.75, 3.05) is 18.1 Å². The summed E-state index contributed by atoms with van der Waals surface area (Å²) in [6, 6.07) is 5.14. The molecule has 1 unspecified atom stereocenters. The molecule has 1 heterocycles. The monoisotopic (exact) mass is 369 g/mol. The molecule has 1 aromatic rings. The molecule has 112 valence electrons. The maximum absolute atomic E-state index is 12.7. The van der Waals surface area contributed by atoms with Crippen LogP contribution in [-0.4, -0.2) is 43.3 Å². The summed E-state index contributed by atoms with van der Waals surface area (Å²) in [6.45, 7) is 2.01. The van der Waals surface area contributed by atoms with Crippen molar-refractivity contribution in [1.82, 2.24) is 4.90 Å². The second-order valence-corrected chi connectivity index (χ2v) is 8.26. The third kappa shape index (κ3) is 3.66. The molecule has 0 radical (unpaired) electrons. The van der Waals surface area contributed by atoms with Crippen molar-refractivity contribution in [2.24, 2.45) is 0 Å². The molecule has 1 fully saturated rings. The molecule has 6 heteroatoms. The van der Waals surface area contributed by atoms with E-state index in [1.54, 1.807) is 6.07 Å². The molecule has 1 aliphatic heterocycles. The molecular weight excluding hydrogens is 354 g/mol. The molecule has 1 aliphatic rings. The van der Waals surface area contributed by atoms with Crippen LogP contribution in [0.15, 0.2) is 22.7 Å². The van der Waals surface area contributed by atoms with E-state index in [-0.39, 0.29) is 30.0 Å². The zero-order valence-electron chi connectivity index (χ0n) is 11.7. The van der Waals surface area contributed by atoms with E-state index in [1.807, 2.05) is 19.1 Å². The molecule has 21 heavy (non-hydrogen) atoms. The normalized spacial score (nSPS) is 20.0. The molecule has 1 atom stereocenters. The van der Waals surface area contributed by atoms with Crippen LogP contribution >= 0.6 is 15.9 Å². The van der Waals surface area contributed by atoms with Crippen molar-refractivity contribution < 1.29 is 13.2 Å². The molecule has 1 saturated heterocycles. The van der Waals surface area contributed by atoms with Crippen LogP contribution < -0.4 is 0 Å². The number of rotatable bonds is 3. The topological polar surface area (TPSA) is 54.5 Å². The summed E-state index contributed by atoms with van der Waals surface area (Å²) in [6.07, 6.45) is 5.79. The van der Waals surface area contributed by atoms with Gasteiger partial charge in [-0.3, -0.25) is 4.79 Å². The second kappa shape index (κ2) is 6.20. The van der Waals surface area contributed by atoms with Gasteiger partial charge in [-0.2, -0.15) is 0 Å². The van der Waals surface area contributed by atoms with Gasteiger partial charge in [-0.1, -0.05) is 17.6 Å². The number of sulfone groups is 1. The Hall–Kier alpha value is -1.32. The molecule has 0 N–H and O–H groups in total. The number of hydrogen-bond acceptors (Lipinski definition) is 3. The van der Waals surface area contributed by atoms with Gasteiger partial charge in [0.05, 0.1) is 23.6 Å². The third-order valence-corrected chi connectivity index (χ3v) is 5.97. The smallest absolute Gasteiger partial charge is 0.256 e. The van der Waals surface area contributed by atoms with Gasteiger partial charge in [0.15, 0.2) is 9.84 Å². The Morgan fingerprint density at radius 2 is 2.24 bits per heavy atom. The van der Waals surface area contributed by atoms with Crippen molar-refractivity contribution in [3.05, 3.63) is 33.8 Å². The minimum Gasteiger partial charge on any atom is -0.323 e. The Balaban J connectivity index is 2.32. The van der Waals surface area contributed by atoms with Gasteiger partial charge in [0.1, 0.15) is 0 Å². The molecule has 1 amide bonds. The molecule has 2 rings (SSSR count). The number of carbonyl (C=O) groups is 1. The summed E-state index contributed by atoms with van der Waals surface area (Å²) < 4.78 is 23.9. The van der Waals surface area contributed by atoms with E-state index in [9.17, 15) is 13.2 Å². The van der Waals surface area contributed by atoms with Gasteiger partial charge in [0.2, 0.25) is 0 Å². The first-order valence-corrected chi connectivity index (χ1v) is 9.16. The van der Waals surface area contributed by atoms with E-state index in [4.69, 9.17) is 6.42 Å². The lowest BCUT2D eigenvalue weighted by molar-refractivity contribution is 0.0723. The lowest BCUT2D eigenvalue weighted by Crippen LogP contribution is -2.41. The van der Waals surface area contributed by atoms with E-state index in [0.29, 0.717) is 16.5 Å². The minimum absolute atomic E-state index is 0.0101. The predicted molar refractivity (Wildman–Crippen MR) is 85.8 cm³/mol. The fraction of sp³-hybridized carbons (Fsp3) is 0.400. The van der Waals surface area contributed by atoms with Gasteiger partial charge in [0, 0.05) is 10.5 Å². The summed E-state index contributed by atoms with van der Waals surface area (Å²) in [4.78, 5) is 14.2. The van der Waals surface area contributed by atoms with E-state index < -0.39 is 9.84 Å².